The van der Waals surface area contributed by atoms with E-state index in [0.29, 0.717) is 5.39 Å². The van der Waals surface area contributed by atoms with Crippen molar-refractivity contribution in [3.05, 3.63) is 132 Å². The van der Waals surface area contributed by atoms with Gasteiger partial charge in [-0.3, -0.25) is 0 Å². The Bertz CT molecular complexity index is 1830. The van der Waals surface area contributed by atoms with Crippen molar-refractivity contribution in [2.75, 3.05) is 0 Å². The van der Waals surface area contributed by atoms with E-state index in [9.17, 15) is 26.3 Å². The van der Waals surface area contributed by atoms with Gasteiger partial charge in [0.25, 0.3) is 0 Å². The van der Waals surface area contributed by atoms with Gasteiger partial charge < -0.3 is 0 Å². The number of rotatable bonds is 3. The normalized spacial score (nSPS) is 12.2. The largest absolute Gasteiger partial charge is 0.416 e. The molecule has 0 radical (unpaired) electrons. The number of benzene rings is 6. The van der Waals surface area contributed by atoms with Crippen LogP contribution in [0.1, 0.15) is 11.1 Å². The highest BCUT2D eigenvalue weighted by molar-refractivity contribution is 5.91. The molecule has 40 heavy (non-hydrogen) atoms. The zero-order valence-corrected chi connectivity index (χ0v) is 20.8. The minimum atomic E-state index is -4.90. The molecule has 0 atom stereocenters. The highest BCUT2D eigenvalue weighted by Crippen LogP contribution is 2.39. The number of alkyl halides is 6. The Kier molecular flexibility index (Phi) is 6.14. The highest BCUT2D eigenvalue weighted by Gasteiger charge is 2.37. The van der Waals surface area contributed by atoms with Crippen molar-refractivity contribution in [2.24, 2.45) is 0 Å². The molecule has 0 spiro atoms. The smallest absolute Gasteiger partial charge is 0.166 e. The first-order valence-corrected chi connectivity index (χ1v) is 12.5. The minimum Gasteiger partial charge on any atom is -0.166 e. The van der Waals surface area contributed by atoms with E-state index in [2.05, 4.69) is 42.5 Å². The molecule has 0 bridgehead atoms. The van der Waals surface area contributed by atoms with E-state index in [-0.39, 0.29) is 17.2 Å². The molecule has 0 saturated heterocycles. The number of hydrogen-bond donors (Lipinski definition) is 0. The van der Waals surface area contributed by atoms with Crippen LogP contribution in [-0.2, 0) is 12.4 Å². The average molecular weight is 543 g/mol. The summed E-state index contributed by atoms with van der Waals surface area (Å²) in [4.78, 5) is 0. The van der Waals surface area contributed by atoms with Crippen LogP contribution in [0.25, 0.3) is 54.9 Å². The predicted molar refractivity (Wildman–Crippen MR) is 148 cm³/mol. The molecule has 6 rings (SSSR count). The monoisotopic (exact) mass is 542 g/mol. The molecule has 6 aromatic rings. The van der Waals surface area contributed by atoms with E-state index < -0.39 is 23.5 Å². The molecule has 0 aliphatic rings. The molecular formula is C34H20F6. The van der Waals surface area contributed by atoms with E-state index in [0.717, 1.165) is 45.2 Å². The van der Waals surface area contributed by atoms with E-state index >= 15 is 0 Å². The molecule has 0 nitrogen and oxygen atoms in total. The minimum absolute atomic E-state index is 0.141. The molecule has 6 heteroatoms. The van der Waals surface area contributed by atoms with E-state index in [1.807, 2.05) is 42.5 Å². The maximum atomic E-state index is 13.3. The van der Waals surface area contributed by atoms with Crippen LogP contribution < -0.4 is 0 Å². The van der Waals surface area contributed by atoms with Crippen molar-refractivity contribution < 1.29 is 26.3 Å². The van der Waals surface area contributed by atoms with Crippen LogP contribution in [0.5, 0.6) is 0 Å². The quantitative estimate of drug-likeness (QED) is 0.195. The van der Waals surface area contributed by atoms with Crippen LogP contribution in [0.15, 0.2) is 121 Å². The Hall–Kier alpha value is -4.58. The number of hydrogen-bond acceptors (Lipinski definition) is 0. The fourth-order valence-corrected chi connectivity index (χ4v) is 4.95. The first kappa shape index (κ1) is 25.7. The molecule has 6 aromatic carbocycles. The molecule has 0 aliphatic heterocycles. The van der Waals surface area contributed by atoms with Gasteiger partial charge in [0.05, 0.1) is 11.1 Å². The zero-order chi connectivity index (χ0) is 28.1. The summed E-state index contributed by atoms with van der Waals surface area (Å²) < 4.78 is 80.0. The van der Waals surface area contributed by atoms with Gasteiger partial charge in [0, 0.05) is 0 Å². The summed E-state index contributed by atoms with van der Waals surface area (Å²) in [6.07, 6.45) is -9.79. The average Bonchev–Trinajstić information content (AvgIpc) is 2.95. The number of halogens is 6. The van der Waals surface area contributed by atoms with Crippen LogP contribution in [-0.4, -0.2) is 0 Å². The summed E-state index contributed by atoms with van der Waals surface area (Å²) in [6, 6.07) is 34.9. The van der Waals surface area contributed by atoms with Gasteiger partial charge in [-0.1, -0.05) is 84.9 Å². The Morgan fingerprint density at radius 3 is 1.10 bits per heavy atom. The van der Waals surface area contributed by atoms with Crippen LogP contribution in [0.2, 0.25) is 0 Å². The Labute approximate surface area is 226 Å². The predicted octanol–water partition coefficient (Wildman–Crippen LogP) is 11.0. The lowest BCUT2D eigenvalue weighted by Gasteiger charge is -2.15. The van der Waals surface area contributed by atoms with Gasteiger partial charge in [0.2, 0.25) is 0 Å². The molecular weight excluding hydrogens is 522 g/mol. The third-order valence-electron chi connectivity index (χ3n) is 7.06. The van der Waals surface area contributed by atoms with Gasteiger partial charge in [0.1, 0.15) is 0 Å². The Morgan fingerprint density at radius 1 is 0.300 bits per heavy atom. The molecule has 0 N–H and O–H groups in total. The van der Waals surface area contributed by atoms with E-state index in [1.165, 1.54) is 5.39 Å². The zero-order valence-electron chi connectivity index (χ0n) is 20.8. The summed E-state index contributed by atoms with van der Waals surface area (Å²) >= 11 is 0. The van der Waals surface area contributed by atoms with E-state index in [4.69, 9.17) is 0 Å². The lowest BCUT2D eigenvalue weighted by Crippen LogP contribution is -2.11. The van der Waals surface area contributed by atoms with Gasteiger partial charge in [0.15, 0.2) is 0 Å². The van der Waals surface area contributed by atoms with Crippen LogP contribution in [0.3, 0.4) is 0 Å². The number of fused-ring (bicyclic) bond motifs is 2. The second kappa shape index (κ2) is 9.56. The third kappa shape index (κ3) is 5.05. The SMILES string of the molecule is FC(F)(F)c1cc(-c2ccc3cc(-c4ccc(-c5ccc6ccccc6c5)cc4)ccc3c2)cc(C(F)(F)F)c1. The first-order valence-electron chi connectivity index (χ1n) is 12.5. The van der Waals surface area contributed by atoms with Crippen LogP contribution in [0, 0.1) is 0 Å². The fourth-order valence-electron chi connectivity index (χ4n) is 4.95. The standard InChI is InChI=1S/C34H20F6/c35-33(36,37)31-18-30(19-32(20-31)34(38,39)40)29-14-13-27-16-26(11-12-28(27)17-29)23-7-5-22(6-8-23)25-10-9-21-3-1-2-4-24(21)15-25/h1-20H. The molecule has 0 heterocycles. The maximum Gasteiger partial charge on any atom is 0.416 e. The first-order chi connectivity index (χ1) is 19.0. The van der Waals surface area contributed by atoms with E-state index in [1.54, 1.807) is 18.2 Å². The summed E-state index contributed by atoms with van der Waals surface area (Å²) in [7, 11) is 0. The van der Waals surface area contributed by atoms with Gasteiger partial charge >= 0.3 is 12.4 Å². The molecule has 0 fully saturated rings. The van der Waals surface area contributed by atoms with Gasteiger partial charge in [-0.15, -0.1) is 0 Å². The molecule has 198 valence electrons. The van der Waals surface area contributed by atoms with Crippen molar-refractivity contribution >= 4 is 21.5 Å². The van der Waals surface area contributed by atoms with Crippen LogP contribution >= 0.6 is 0 Å². The second-order valence-electron chi connectivity index (χ2n) is 9.71. The molecule has 0 aromatic heterocycles. The second-order valence-corrected chi connectivity index (χ2v) is 9.71. The Morgan fingerprint density at radius 2 is 0.650 bits per heavy atom. The fraction of sp³-hybridized carbons (Fsp3) is 0.0588. The molecule has 0 amide bonds. The highest BCUT2D eigenvalue weighted by atomic mass is 19.4. The lowest BCUT2D eigenvalue weighted by molar-refractivity contribution is -0.143. The van der Waals surface area contributed by atoms with Crippen molar-refractivity contribution in [3.63, 3.8) is 0 Å². The molecule has 0 aliphatic carbocycles. The van der Waals surface area contributed by atoms with Gasteiger partial charge in [-0.25, -0.2) is 0 Å². The maximum absolute atomic E-state index is 13.3. The topological polar surface area (TPSA) is 0 Å². The van der Waals surface area contributed by atoms with Crippen molar-refractivity contribution in [1.29, 1.82) is 0 Å². The van der Waals surface area contributed by atoms with Gasteiger partial charge in [-0.05, 0) is 91.3 Å². The van der Waals surface area contributed by atoms with Crippen molar-refractivity contribution in [2.45, 2.75) is 12.4 Å². The molecule has 0 saturated carbocycles. The van der Waals surface area contributed by atoms with Gasteiger partial charge in [-0.2, -0.15) is 26.3 Å². The summed E-state index contributed by atoms with van der Waals surface area (Å²) in [5.41, 5.74) is 1.60. The van der Waals surface area contributed by atoms with Crippen molar-refractivity contribution in [3.8, 4) is 33.4 Å². The molecule has 0 unspecified atom stereocenters. The lowest BCUT2D eigenvalue weighted by atomic mass is 9.95. The Balaban J connectivity index is 1.32. The summed E-state index contributed by atoms with van der Waals surface area (Å²) in [5, 5.41) is 3.87. The third-order valence-corrected chi connectivity index (χ3v) is 7.06. The van der Waals surface area contributed by atoms with Crippen molar-refractivity contribution in [1.82, 2.24) is 0 Å². The summed E-state index contributed by atoms with van der Waals surface area (Å²) in [6.45, 7) is 0. The summed E-state index contributed by atoms with van der Waals surface area (Å²) in [5.74, 6) is 0. The van der Waals surface area contributed by atoms with Crippen LogP contribution in [0.4, 0.5) is 26.3 Å².